The van der Waals surface area contributed by atoms with E-state index in [1.54, 1.807) is 10.8 Å². The first-order valence-corrected chi connectivity index (χ1v) is 8.95. The quantitative estimate of drug-likeness (QED) is 0.719. The van der Waals surface area contributed by atoms with Gasteiger partial charge in [-0.1, -0.05) is 24.3 Å². The van der Waals surface area contributed by atoms with E-state index in [2.05, 4.69) is 33.2 Å². The van der Waals surface area contributed by atoms with Gasteiger partial charge >= 0.3 is 0 Å². The van der Waals surface area contributed by atoms with E-state index in [0.717, 1.165) is 43.1 Å². The van der Waals surface area contributed by atoms with Crippen molar-refractivity contribution in [2.45, 2.75) is 19.8 Å². The minimum Gasteiger partial charge on any atom is -0.353 e. The van der Waals surface area contributed by atoms with E-state index in [1.807, 2.05) is 35.2 Å². The molecule has 0 unspecified atom stereocenters. The lowest BCUT2D eigenvalue weighted by Crippen LogP contribution is -2.36. The zero-order chi connectivity index (χ0) is 17.9. The molecular formula is C19H22N6O. The van der Waals surface area contributed by atoms with Crippen LogP contribution in [0.25, 0.3) is 5.65 Å². The molecule has 7 heteroatoms. The number of aromatic nitrogens is 4. The molecule has 26 heavy (non-hydrogen) atoms. The molecular weight excluding hydrogens is 328 g/mol. The van der Waals surface area contributed by atoms with Gasteiger partial charge in [0.1, 0.15) is 12.1 Å². The van der Waals surface area contributed by atoms with E-state index in [0.29, 0.717) is 13.0 Å². The van der Waals surface area contributed by atoms with Crippen molar-refractivity contribution in [3.05, 3.63) is 53.9 Å². The summed E-state index contributed by atoms with van der Waals surface area (Å²) in [5, 5.41) is 12.4. The molecule has 0 N–H and O–H groups in total. The van der Waals surface area contributed by atoms with Gasteiger partial charge in [-0.2, -0.15) is 4.52 Å². The number of rotatable bonds is 3. The van der Waals surface area contributed by atoms with Gasteiger partial charge in [-0.25, -0.2) is 0 Å². The van der Waals surface area contributed by atoms with E-state index in [4.69, 9.17) is 0 Å². The standard InChI is InChI=1S/C19H22N6O/c1-15-5-2-3-6-16(15)13-19(26)24-10-4-9-23(11-12-24)18-8-7-17-21-20-14-25(17)22-18/h2-3,5-8,14H,4,9-13H2,1H3. The average Bonchev–Trinajstić information content (AvgIpc) is 2.98. The largest absolute Gasteiger partial charge is 0.353 e. The van der Waals surface area contributed by atoms with Crippen LogP contribution in [0.4, 0.5) is 5.82 Å². The molecule has 134 valence electrons. The second-order valence-corrected chi connectivity index (χ2v) is 6.65. The van der Waals surface area contributed by atoms with Crippen molar-refractivity contribution in [1.82, 2.24) is 24.7 Å². The summed E-state index contributed by atoms with van der Waals surface area (Å²) in [6.07, 6.45) is 3.01. The molecule has 0 atom stereocenters. The third-order valence-corrected chi connectivity index (χ3v) is 4.92. The maximum atomic E-state index is 12.7. The molecule has 1 aliphatic heterocycles. The van der Waals surface area contributed by atoms with Gasteiger partial charge in [-0.3, -0.25) is 4.79 Å². The number of hydrogen-bond acceptors (Lipinski definition) is 5. The lowest BCUT2D eigenvalue weighted by Gasteiger charge is -2.23. The highest BCUT2D eigenvalue weighted by molar-refractivity contribution is 5.79. The summed E-state index contributed by atoms with van der Waals surface area (Å²) in [6, 6.07) is 12.0. The van der Waals surface area contributed by atoms with Gasteiger partial charge in [-0.15, -0.1) is 15.3 Å². The minimum atomic E-state index is 0.198. The van der Waals surface area contributed by atoms with Crippen molar-refractivity contribution >= 4 is 17.4 Å². The van der Waals surface area contributed by atoms with Crippen molar-refractivity contribution in [1.29, 1.82) is 0 Å². The Kier molecular flexibility index (Phi) is 4.51. The highest BCUT2D eigenvalue weighted by Crippen LogP contribution is 2.15. The summed E-state index contributed by atoms with van der Waals surface area (Å²) in [4.78, 5) is 16.9. The van der Waals surface area contributed by atoms with Gasteiger partial charge in [0.05, 0.1) is 6.42 Å². The monoisotopic (exact) mass is 350 g/mol. The predicted octanol–water partition coefficient (Wildman–Crippen LogP) is 1.71. The van der Waals surface area contributed by atoms with E-state index < -0.39 is 0 Å². The second kappa shape index (κ2) is 7.11. The van der Waals surface area contributed by atoms with Crippen molar-refractivity contribution in [3.63, 3.8) is 0 Å². The number of carbonyl (C=O) groups is 1. The first-order valence-electron chi connectivity index (χ1n) is 8.95. The zero-order valence-electron chi connectivity index (χ0n) is 14.9. The van der Waals surface area contributed by atoms with Crippen LogP contribution in [0.15, 0.2) is 42.7 Å². The van der Waals surface area contributed by atoms with Crippen LogP contribution < -0.4 is 4.90 Å². The zero-order valence-corrected chi connectivity index (χ0v) is 14.9. The Balaban J connectivity index is 1.42. The first-order chi connectivity index (χ1) is 12.7. The molecule has 1 fully saturated rings. The molecule has 0 radical (unpaired) electrons. The Morgan fingerprint density at radius 3 is 2.85 bits per heavy atom. The molecule has 1 saturated heterocycles. The highest BCUT2D eigenvalue weighted by Gasteiger charge is 2.20. The number of benzene rings is 1. The first kappa shape index (κ1) is 16.5. The van der Waals surface area contributed by atoms with Gasteiger partial charge in [0.15, 0.2) is 5.65 Å². The van der Waals surface area contributed by atoms with Crippen LogP contribution >= 0.6 is 0 Å². The van der Waals surface area contributed by atoms with Crippen molar-refractivity contribution < 1.29 is 4.79 Å². The molecule has 0 bridgehead atoms. The SMILES string of the molecule is Cc1ccccc1CC(=O)N1CCCN(c2ccc3nncn3n2)CC1. The van der Waals surface area contributed by atoms with Gasteiger partial charge in [-0.05, 0) is 36.6 Å². The van der Waals surface area contributed by atoms with E-state index in [-0.39, 0.29) is 5.91 Å². The number of carbonyl (C=O) groups excluding carboxylic acids is 1. The number of hydrogen-bond donors (Lipinski definition) is 0. The Hall–Kier alpha value is -2.96. The predicted molar refractivity (Wildman–Crippen MR) is 99.1 cm³/mol. The Morgan fingerprint density at radius 2 is 1.96 bits per heavy atom. The molecule has 1 aromatic carbocycles. The molecule has 1 aliphatic rings. The van der Waals surface area contributed by atoms with Gasteiger partial charge < -0.3 is 9.80 Å². The molecule has 0 spiro atoms. The van der Waals surface area contributed by atoms with Gasteiger partial charge in [0.2, 0.25) is 5.91 Å². The maximum Gasteiger partial charge on any atom is 0.227 e. The Morgan fingerprint density at radius 1 is 1.08 bits per heavy atom. The normalized spacial score (nSPS) is 15.3. The molecule has 2 aromatic heterocycles. The van der Waals surface area contributed by atoms with Crippen LogP contribution in [0.2, 0.25) is 0 Å². The fourth-order valence-electron chi connectivity index (χ4n) is 3.37. The second-order valence-electron chi connectivity index (χ2n) is 6.65. The van der Waals surface area contributed by atoms with Crippen LogP contribution in [0.3, 0.4) is 0 Å². The van der Waals surface area contributed by atoms with E-state index >= 15 is 0 Å². The fraction of sp³-hybridized carbons (Fsp3) is 0.368. The molecule has 7 nitrogen and oxygen atoms in total. The number of nitrogens with zero attached hydrogens (tertiary/aromatic N) is 6. The Labute approximate surface area is 152 Å². The summed E-state index contributed by atoms with van der Waals surface area (Å²) in [5.74, 6) is 1.09. The molecule has 0 aliphatic carbocycles. The van der Waals surface area contributed by atoms with E-state index in [1.165, 1.54) is 5.56 Å². The summed E-state index contributed by atoms with van der Waals surface area (Å²) >= 11 is 0. The highest BCUT2D eigenvalue weighted by atomic mass is 16.2. The number of fused-ring (bicyclic) bond motifs is 1. The summed E-state index contributed by atoms with van der Waals surface area (Å²) in [5.41, 5.74) is 3.01. The summed E-state index contributed by atoms with van der Waals surface area (Å²) < 4.78 is 1.68. The van der Waals surface area contributed by atoms with Crippen molar-refractivity contribution in [3.8, 4) is 0 Å². The van der Waals surface area contributed by atoms with Crippen LogP contribution in [0, 0.1) is 6.92 Å². The third kappa shape index (κ3) is 3.37. The lowest BCUT2D eigenvalue weighted by atomic mass is 10.1. The van der Waals surface area contributed by atoms with Crippen LogP contribution in [-0.2, 0) is 11.2 Å². The molecule has 4 rings (SSSR count). The lowest BCUT2D eigenvalue weighted by molar-refractivity contribution is -0.130. The summed E-state index contributed by atoms with van der Waals surface area (Å²) in [7, 11) is 0. The summed E-state index contributed by atoms with van der Waals surface area (Å²) in [6.45, 7) is 5.22. The van der Waals surface area contributed by atoms with Gasteiger partial charge in [0.25, 0.3) is 0 Å². The molecule has 3 aromatic rings. The van der Waals surface area contributed by atoms with Crippen LogP contribution in [0.1, 0.15) is 17.5 Å². The third-order valence-electron chi connectivity index (χ3n) is 4.92. The number of aryl methyl sites for hydroxylation is 1. The molecule has 1 amide bonds. The van der Waals surface area contributed by atoms with Gasteiger partial charge in [0, 0.05) is 26.2 Å². The number of amides is 1. The topological polar surface area (TPSA) is 66.6 Å². The maximum absolute atomic E-state index is 12.7. The molecule has 0 saturated carbocycles. The van der Waals surface area contributed by atoms with Crippen LogP contribution in [-0.4, -0.2) is 56.8 Å². The fourth-order valence-corrected chi connectivity index (χ4v) is 3.37. The number of anilines is 1. The van der Waals surface area contributed by atoms with Crippen molar-refractivity contribution in [2.24, 2.45) is 0 Å². The van der Waals surface area contributed by atoms with Crippen LogP contribution in [0.5, 0.6) is 0 Å². The smallest absolute Gasteiger partial charge is 0.227 e. The minimum absolute atomic E-state index is 0.198. The molecule has 3 heterocycles. The van der Waals surface area contributed by atoms with E-state index in [9.17, 15) is 4.79 Å². The Bertz CT molecular complexity index is 921. The average molecular weight is 350 g/mol. The van der Waals surface area contributed by atoms with Crippen molar-refractivity contribution in [2.75, 3.05) is 31.1 Å².